The van der Waals surface area contributed by atoms with Crippen LogP contribution in [0.4, 0.5) is 5.69 Å². The second-order valence-corrected chi connectivity index (χ2v) is 9.81. The van der Waals surface area contributed by atoms with Gasteiger partial charge in [0.25, 0.3) is 5.56 Å². The number of hydrogen-bond acceptors (Lipinski definition) is 6. The SMILES string of the molecule is O=C(NCc1cc2cnccc2s1)C1CCc2ncc(NCC3CC3)c(=O)n21.c1ccccc1. The number of carbonyl (C=O) groups is 1. The molecule has 1 fully saturated rings. The van der Waals surface area contributed by atoms with Gasteiger partial charge in [-0.25, -0.2) is 4.98 Å². The fourth-order valence-corrected chi connectivity index (χ4v) is 5.03. The van der Waals surface area contributed by atoms with Crippen molar-refractivity contribution >= 4 is 33.0 Å². The zero-order chi connectivity index (χ0) is 23.3. The van der Waals surface area contributed by atoms with Crippen molar-refractivity contribution < 1.29 is 4.79 Å². The van der Waals surface area contributed by atoms with Gasteiger partial charge in [0.05, 0.1) is 12.7 Å². The molecule has 6 rings (SSSR count). The highest BCUT2D eigenvalue weighted by molar-refractivity contribution is 7.19. The largest absolute Gasteiger partial charge is 0.379 e. The molecule has 4 heterocycles. The number of aryl methyl sites for hydroxylation is 1. The number of hydrogen-bond donors (Lipinski definition) is 2. The number of pyridine rings is 1. The van der Waals surface area contributed by atoms with Gasteiger partial charge in [0.1, 0.15) is 17.6 Å². The minimum absolute atomic E-state index is 0.127. The molecule has 0 radical (unpaired) electrons. The van der Waals surface area contributed by atoms with Gasteiger partial charge in [0.2, 0.25) is 5.91 Å². The lowest BCUT2D eigenvalue weighted by molar-refractivity contribution is -0.124. The number of amides is 1. The Morgan fingerprint density at radius 1 is 1.09 bits per heavy atom. The van der Waals surface area contributed by atoms with E-state index in [0.29, 0.717) is 36.8 Å². The molecule has 0 spiro atoms. The third-order valence-electron chi connectivity index (χ3n) is 6.07. The summed E-state index contributed by atoms with van der Waals surface area (Å²) in [6.07, 6.45) is 8.89. The average molecular weight is 474 g/mol. The van der Waals surface area contributed by atoms with Crippen LogP contribution in [0.1, 0.15) is 36.0 Å². The van der Waals surface area contributed by atoms with E-state index in [-0.39, 0.29) is 11.5 Å². The van der Waals surface area contributed by atoms with Crippen molar-refractivity contribution in [3.05, 3.63) is 88.2 Å². The quantitative estimate of drug-likeness (QED) is 0.439. The summed E-state index contributed by atoms with van der Waals surface area (Å²) in [5, 5.41) is 7.28. The Morgan fingerprint density at radius 3 is 2.56 bits per heavy atom. The fourth-order valence-electron chi connectivity index (χ4n) is 4.05. The van der Waals surface area contributed by atoms with Crippen molar-refractivity contribution in [3.63, 3.8) is 0 Å². The fraction of sp³-hybridized carbons (Fsp3) is 0.308. The molecule has 1 unspecified atom stereocenters. The molecule has 0 saturated heterocycles. The summed E-state index contributed by atoms with van der Waals surface area (Å²) in [6.45, 7) is 1.25. The van der Waals surface area contributed by atoms with Crippen molar-refractivity contribution in [1.82, 2.24) is 19.9 Å². The molecule has 4 aromatic rings. The third kappa shape index (κ3) is 5.17. The Balaban J connectivity index is 0.000000351. The van der Waals surface area contributed by atoms with Gasteiger partial charge in [-0.05, 0) is 37.3 Å². The molecule has 174 valence electrons. The number of fused-ring (bicyclic) bond motifs is 2. The predicted molar refractivity (Wildman–Crippen MR) is 135 cm³/mol. The normalized spacial score (nSPS) is 16.4. The maximum atomic E-state index is 12.9. The van der Waals surface area contributed by atoms with Gasteiger partial charge in [0, 0.05) is 40.3 Å². The minimum atomic E-state index is -0.492. The van der Waals surface area contributed by atoms with Crippen LogP contribution in [-0.2, 0) is 17.8 Å². The molecule has 1 amide bonds. The lowest BCUT2D eigenvalue weighted by Gasteiger charge is -2.15. The zero-order valence-corrected chi connectivity index (χ0v) is 19.6. The molecule has 34 heavy (non-hydrogen) atoms. The van der Waals surface area contributed by atoms with Crippen molar-refractivity contribution in [2.45, 2.75) is 38.3 Å². The highest BCUT2D eigenvalue weighted by Gasteiger charge is 2.31. The second kappa shape index (κ2) is 10.2. The van der Waals surface area contributed by atoms with E-state index < -0.39 is 6.04 Å². The Hall–Kier alpha value is -3.52. The van der Waals surface area contributed by atoms with E-state index >= 15 is 0 Å². The summed E-state index contributed by atoms with van der Waals surface area (Å²) < 4.78 is 2.72. The zero-order valence-electron chi connectivity index (χ0n) is 18.8. The van der Waals surface area contributed by atoms with Crippen LogP contribution in [0.2, 0.25) is 0 Å². The number of nitrogens with one attached hydrogen (secondary N) is 2. The van der Waals surface area contributed by atoms with Crippen LogP contribution < -0.4 is 16.2 Å². The molecule has 3 aromatic heterocycles. The Kier molecular flexibility index (Phi) is 6.67. The van der Waals surface area contributed by atoms with Crippen LogP contribution in [0.3, 0.4) is 0 Å². The number of nitrogens with zero attached hydrogens (tertiary/aromatic N) is 3. The number of aromatic nitrogens is 3. The Morgan fingerprint density at radius 2 is 1.85 bits per heavy atom. The highest BCUT2D eigenvalue weighted by atomic mass is 32.1. The van der Waals surface area contributed by atoms with Gasteiger partial charge in [0.15, 0.2) is 0 Å². The molecular formula is C26H27N5O2S. The number of thiophene rings is 1. The standard InChI is InChI=1S/C20H21N5O2S.C6H6/c26-19(24-10-14-7-13-9-21-6-5-17(13)28-14)16-3-4-18-23-11-15(20(27)25(16)18)22-8-12-1-2-12;1-2-4-6-5-3-1/h5-7,9,11-12,16,22H,1-4,8,10H2,(H,24,26);1-6H. The first kappa shape index (κ1) is 22.3. The molecule has 1 atom stereocenters. The summed E-state index contributed by atoms with van der Waals surface area (Å²) >= 11 is 1.64. The van der Waals surface area contributed by atoms with E-state index in [1.807, 2.05) is 54.7 Å². The van der Waals surface area contributed by atoms with Crippen LogP contribution in [0.25, 0.3) is 10.1 Å². The molecular weight excluding hydrogens is 446 g/mol. The number of anilines is 1. The van der Waals surface area contributed by atoms with Gasteiger partial charge < -0.3 is 10.6 Å². The molecule has 1 aromatic carbocycles. The van der Waals surface area contributed by atoms with Crippen LogP contribution in [0.15, 0.2) is 71.9 Å². The molecule has 1 aliphatic carbocycles. The van der Waals surface area contributed by atoms with Gasteiger partial charge in [-0.3, -0.25) is 19.1 Å². The Bertz CT molecular complexity index is 1270. The highest BCUT2D eigenvalue weighted by Crippen LogP contribution is 2.29. The minimum Gasteiger partial charge on any atom is -0.379 e. The van der Waals surface area contributed by atoms with Gasteiger partial charge >= 0.3 is 0 Å². The topological polar surface area (TPSA) is 88.9 Å². The lowest BCUT2D eigenvalue weighted by atomic mass is 10.2. The maximum Gasteiger partial charge on any atom is 0.277 e. The maximum absolute atomic E-state index is 12.9. The molecule has 1 aliphatic heterocycles. The van der Waals surface area contributed by atoms with Gasteiger partial charge in [-0.2, -0.15) is 0 Å². The second-order valence-electron chi connectivity index (χ2n) is 8.64. The van der Waals surface area contributed by atoms with E-state index in [1.54, 1.807) is 28.3 Å². The van der Waals surface area contributed by atoms with Crippen LogP contribution in [0.5, 0.6) is 0 Å². The summed E-state index contributed by atoms with van der Waals surface area (Å²) in [4.78, 5) is 35.3. The summed E-state index contributed by atoms with van der Waals surface area (Å²) in [5.41, 5.74) is 0.351. The first-order valence-corrected chi connectivity index (χ1v) is 12.4. The molecule has 2 aliphatic rings. The summed E-state index contributed by atoms with van der Waals surface area (Å²) in [6, 6.07) is 15.5. The number of benzene rings is 1. The van der Waals surface area contributed by atoms with Crippen molar-refractivity contribution in [2.75, 3.05) is 11.9 Å². The molecule has 7 nitrogen and oxygen atoms in total. The van der Waals surface area contributed by atoms with E-state index in [0.717, 1.165) is 21.5 Å². The summed E-state index contributed by atoms with van der Waals surface area (Å²) in [7, 11) is 0. The van der Waals surface area contributed by atoms with E-state index in [1.165, 1.54) is 12.8 Å². The van der Waals surface area contributed by atoms with Crippen LogP contribution in [0, 0.1) is 5.92 Å². The molecule has 8 heteroatoms. The smallest absolute Gasteiger partial charge is 0.277 e. The summed E-state index contributed by atoms with van der Waals surface area (Å²) in [5.74, 6) is 1.22. The predicted octanol–water partition coefficient (Wildman–Crippen LogP) is 4.17. The van der Waals surface area contributed by atoms with Gasteiger partial charge in [-0.1, -0.05) is 36.4 Å². The average Bonchev–Trinajstić information content (AvgIpc) is 3.44. The van der Waals surface area contributed by atoms with E-state index in [4.69, 9.17) is 0 Å². The van der Waals surface area contributed by atoms with Crippen molar-refractivity contribution in [3.8, 4) is 0 Å². The molecule has 0 bridgehead atoms. The monoisotopic (exact) mass is 473 g/mol. The number of carbonyl (C=O) groups excluding carboxylic acids is 1. The molecule has 1 saturated carbocycles. The van der Waals surface area contributed by atoms with Crippen molar-refractivity contribution in [1.29, 1.82) is 0 Å². The van der Waals surface area contributed by atoms with Crippen LogP contribution in [-0.4, -0.2) is 27.0 Å². The van der Waals surface area contributed by atoms with Crippen molar-refractivity contribution in [2.24, 2.45) is 5.92 Å². The molecule has 2 N–H and O–H groups in total. The van der Waals surface area contributed by atoms with E-state index in [2.05, 4.69) is 20.6 Å². The van der Waals surface area contributed by atoms with E-state index in [9.17, 15) is 9.59 Å². The first-order valence-electron chi connectivity index (χ1n) is 11.6. The third-order valence-corrected chi connectivity index (χ3v) is 7.19. The Labute approximate surface area is 201 Å². The first-order chi connectivity index (χ1) is 16.7. The lowest BCUT2D eigenvalue weighted by Crippen LogP contribution is -2.36. The van der Waals surface area contributed by atoms with Gasteiger partial charge in [-0.15, -0.1) is 11.3 Å². The number of rotatable bonds is 6. The van der Waals surface area contributed by atoms with Crippen LogP contribution >= 0.6 is 11.3 Å².